The highest BCUT2D eigenvalue weighted by atomic mass is 19.1. The van der Waals surface area contributed by atoms with Crippen molar-refractivity contribution in [3.8, 4) is 0 Å². The van der Waals surface area contributed by atoms with Crippen LogP contribution >= 0.6 is 0 Å². The summed E-state index contributed by atoms with van der Waals surface area (Å²) in [5, 5.41) is 12.5. The molecule has 1 aromatic carbocycles. The van der Waals surface area contributed by atoms with Gasteiger partial charge in [0.05, 0.1) is 5.60 Å². The second kappa shape index (κ2) is 4.73. The van der Waals surface area contributed by atoms with Gasteiger partial charge in [-0.3, -0.25) is 0 Å². The van der Waals surface area contributed by atoms with Gasteiger partial charge in [0.1, 0.15) is 5.82 Å². The minimum Gasteiger partial charge on any atom is -0.389 e. The quantitative estimate of drug-likeness (QED) is 0.798. The summed E-state index contributed by atoms with van der Waals surface area (Å²) in [4.78, 5) is 0. The van der Waals surface area contributed by atoms with Crippen molar-refractivity contribution in [1.82, 2.24) is 5.32 Å². The van der Waals surface area contributed by atoms with Gasteiger partial charge >= 0.3 is 0 Å². The number of rotatable bonds is 4. The fourth-order valence-electron chi connectivity index (χ4n) is 1.26. The Hall–Kier alpha value is -0.930. The Balaban J connectivity index is 2.48. The molecule has 1 rings (SSSR count). The van der Waals surface area contributed by atoms with Gasteiger partial charge in [-0.1, -0.05) is 12.1 Å². The van der Waals surface area contributed by atoms with E-state index in [0.29, 0.717) is 18.7 Å². The van der Waals surface area contributed by atoms with E-state index in [2.05, 4.69) is 5.32 Å². The average Bonchev–Trinajstić information content (AvgIpc) is 2.09. The van der Waals surface area contributed by atoms with Crippen LogP contribution in [-0.2, 0) is 6.54 Å². The van der Waals surface area contributed by atoms with E-state index in [1.165, 1.54) is 6.07 Å². The van der Waals surface area contributed by atoms with Gasteiger partial charge in [-0.25, -0.2) is 4.39 Å². The molecule has 0 spiro atoms. The maximum absolute atomic E-state index is 13.2. The number of hydrogen-bond donors (Lipinski definition) is 2. The summed E-state index contributed by atoms with van der Waals surface area (Å²) in [6, 6.07) is 5.17. The Labute approximate surface area is 90.1 Å². The molecule has 1 aromatic rings. The van der Waals surface area contributed by atoms with Crippen LogP contribution in [0.15, 0.2) is 18.2 Å². The highest BCUT2D eigenvalue weighted by molar-refractivity contribution is 5.23. The molecule has 15 heavy (non-hydrogen) atoms. The van der Waals surface area contributed by atoms with Crippen LogP contribution < -0.4 is 5.32 Å². The molecule has 0 atom stereocenters. The van der Waals surface area contributed by atoms with Crippen LogP contribution in [0.3, 0.4) is 0 Å². The minimum atomic E-state index is -0.733. The molecular formula is C12H18FNO. The zero-order valence-electron chi connectivity index (χ0n) is 9.47. The lowest BCUT2D eigenvalue weighted by Crippen LogP contribution is -2.34. The summed E-state index contributed by atoms with van der Waals surface area (Å²) in [7, 11) is 0. The summed E-state index contributed by atoms with van der Waals surface area (Å²) in [5.41, 5.74) is 0.812. The van der Waals surface area contributed by atoms with E-state index >= 15 is 0 Å². The summed E-state index contributed by atoms with van der Waals surface area (Å²) in [6.45, 7) is 6.26. The summed E-state index contributed by atoms with van der Waals surface area (Å²) < 4.78 is 13.2. The monoisotopic (exact) mass is 211 g/mol. The molecule has 2 N–H and O–H groups in total. The van der Waals surface area contributed by atoms with E-state index in [1.54, 1.807) is 26.8 Å². The number of hydrogen-bond acceptors (Lipinski definition) is 2. The standard InChI is InChI=1S/C12H18FNO/c1-9-4-5-10(6-11(9)13)7-14-8-12(2,3)15/h4-6,14-15H,7-8H2,1-3H3. The van der Waals surface area contributed by atoms with Crippen molar-refractivity contribution in [2.75, 3.05) is 6.54 Å². The Morgan fingerprint density at radius 3 is 2.60 bits per heavy atom. The first-order chi connectivity index (χ1) is 6.88. The van der Waals surface area contributed by atoms with Gasteiger partial charge < -0.3 is 10.4 Å². The van der Waals surface area contributed by atoms with Crippen molar-refractivity contribution >= 4 is 0 Å². The van der Waals surface area contributed by atoms with Crippen LogP contribution in [0.5, 0.6) is 0 Å². The lowest BCUT2D eigenvalue weighted by molar-refractivity contribution is 0.0795. The van der Waals surface area contributed by atoms with Crippen LogP contribution in [-0.4, -0.2) is 17.3 Å². The lowest BCUT2D eigenvalue weighted by Gasteiger charge is -2.17. The lowest BCUT2D eigenvalue weighted by atomic mass is 10.1. The molecule has 0 bridgehead atoms. The third-order valence-electron chi connectivity index (χ3n) is 2.12. The molecule has 0 amide bonds. The van der Waals surface area contributed by atoms with Gasteiger partial charge in [-0.15, -0.1) is 0 Å². The van der Waals surface area contributed by atoms with E-state index in [-0.39, 0.29) is 5.82 Å². The fraction of sp³-hybridized carbons (Fsp3) is 0.500. The Bertz CT molecular complexity index is 331. The molecular weight excluding hydrogens is 193 g/mol. The van der Waals surface area contributed by atoms with Gasteiger partial charge in [0.2, 0.25) is 0 Å². The minimum absolute atomic E-state index is 0.183. The molecule has 0 aliphatic carbocycles. The van der Waals surface area contributed by atoms with Gasteiger partial charge in [0.15, 0.2) is 0 Å². The zero-order valence-corrected chi connectivity index (χ0v) is 9.47. The van der Waals surface area contributed by atoms with Gasteiger partial charge in [0.25, 0.3) is 0 Å². The third-order valence-corrected chi connectivity index (χ3v) is 2.12. The van der Waals surface area contributed by atoms with Gasteiger partial charge in [-0.05, 0) is 38.0 Å². The van der Waals surface area contributed by atoms with E-state index in [0.717, 1.165) is 5.56 Å². The Morgan fingerprint density at radius 1 is 1.40 bits per heavy atom. The maximum Gasteiger partial charge on any atom is 0.126 e. The molecule has 0 saturated heterocycles. The van der Waals surface area contributed by atoms with Gasteiger partial charge in [0, 0.05) is 13.1 Å². The highest BCUT2D eigenvalue weighted by Gasteiger charge is 2.11. The molecule has 0 radical (unpaired) electrons. The summed E-state index contributed by atoms with van der Waals surface area (Å²) >= 11 is 0. The van der Waals surface area contributed by atoms with Crippen LogP contribution in [0.1, 0.15) is 25.0 Å². The van der Waals surface area contributed by atoms with Crippen molar-refractivity contribution in [2.45, 2.75) is 32.9 Å². The largest absolute Gasteiger partial charge is 0.389 e. The Kier molecular flexibility index (Phi) is 3.83. The molecule has 2 nitrogen and oxygen atoms in total. The van der Waals surface area contributed by atoms with E-state index in [4.69, 9.17) is 0 Å². The smallest absolute Gasteiger partial charge is 0.126 e. The second-order valence-electron chi connectivity index (χ2n) is 4.50. The molecule has 0 unspecified atom stereocenters. The van der Waals surface area contributed by atoms with Gasteiger partial charge in [-0.2, -0.15) is 0 Å². The number of aryl methyl sites for hydroxylation is 1. The van der Waals surface area contributed by atoms with Crippen LogP contribution in [0.2, 0.25) is 0 Å². The molecule has 0 aliphatic heterocycles. The number of nitrogens with one attached hydrogen (secondary N) is 1. The van der Waals surface area contributed by atoms with Crippen molar-refractivity contribution < 1.29 is 9.50 Å². The van der Waals surface area contributed by atoms with E-state index < -0.39 is 5.60 Å². The molecule has 0 heterocycles. The van der Waals surface area contributed by atoms with Crippen LogP contribution in [0.4, 0.5) is 4.39 Å². The van der Waals surface area contributed by atoms with E-state index in [1.807, 2.05) is 6.07 Å². The third kappa shape index (κ3) is 4.40. The van der Waals surface area contributed by atoms with Crippen molar-refractivity contribution in [3.05, 3.63) is 35.1 Å². The van der Waals surface area contributed by atoms with Crippen LogP contribution in [0, 0.1) is 12.7 Å². The first-order valence-corrected chi connectivity index (χ1v) is 5.06. The second-order valence-corrected chi connectivity index (χ2v) is 4.50. The molecule has 0 aliphatic rings. The maximum atomic E-state index is 13.2. The predicted molar refractivity (Wildman–Crippen MR) is 59.1 cm³/mol. The summed E-state index contributed by atoms with van der Waals surface area (Å²) in [5.74, 6) is -0.183. The topological polar surface area (TPSA) is 32.3 Å². The summed E-state index contributed by atoms with van der Waals surface area (Å²) in [6.07, 6.45) is 0. The Morgan fingerprint density at radius 2 is 2.07 bits per heavy atom. The van der Waals surface area contributed by atoms with Crippen molar-refractivity contribution in [3.63, 3.8) is 0 Å². The molecule has 0 aromatic heterocycles. The number of halogens is 1. The van der Waals surface area contributed by atoms with Crippen molar-refractivity contribution in [2.24, 2.45) is 0 Å². The predicted octanol–water partition coefficient (Wildman–Crippen LogP) is 1.99. The average molecular weight is 211 g/mol. The SMILES string of the molecule is Cc1ccc(CNCC(C)(C)O)cc1F. The number of benzene rings is 1. The molecule has 0 fully saturated rings. The highest BCUT2D eigenvalue weighted by Crippen LogP contribution is 2.09. The first kappa shape index (κ1) is 12.1. The van der Waals surface area contributed by atoms with Crippen molar-refractivity contribution in [1.29, 1.82) is 0 Å². The zero-order chi connectivity index (χ0) is 11.5. The first-order valence-electron chi connectivity index (χ1n) is 5.06. The molecule has 0 saturated carbocycles. The fourth-order valence-corrected chi connectivity index (χ4v) is 1.26. The normalized spacial score (nSPS) is 11.8. The van der Waals surface area contributed by atoms with Crippen LogP contribution in [0.25, 0.3) is 0 Å². The molecule has 3 heteroatoms. The number of aliphatic hydroxyl groups is 1. The molecule has 84 valence electrons. The van der Waals surface area contributed by atoms with E-state index in [9.17, 15) is 9.50 Å².